The minimum atomic E-state index is -4.99. The first-order valence-electron chi connectivity index (χ1n) is 37.1. The number of esters is 4. The minimum Gasteiger partial charge on any atom is -0.462 e. The normalized spacial score (nSPS) is 14.6. The number of phosphoric ester groups is 2. The van der Waals surface area contributed by atoms with Gasteiger partial charge in [0.1, 0.15) is 19.3 Å². The van der Waals surface area contributed by atoms with Gasteiger partial charge in [-0.05, 0) is 141 Å². The van der Waals surface area contributed by atoms with E-state index >= 15 is 0 Å². The Morgan fingerprint density at radius 3 is 0.938 bits per heavy atom. The van der Waals surface area contributed by atoms with E-state index in [1.807, 2.05) is 12.2 Å². The molecular formula is C77H132O17P2. The van der Waals surface area contributed by atoms with E-state index in [9.17, 15) is 43.2 Å². The molecule has 0 rings (SSSR count). The van der Waals surface area contributed by atoms with Crippen molar-refractivity contribution in [1.29, 1.82) is 0 Å². The average molecular weight is 1390 g/mol. The van der Waals surface area contributed by atoms with Crippen molar-refractivity contribution in [1.82, 2.24) is 0 Å². The first-order chi connectivity index (χ1) is 46.7. The van der Waals surface area contributed by atoms with E-state index in [2.05, 4.69) is 125 Å². The third kappa shape index (κ3) is 68.3. The largest absolute Gasteiger partial charge is 0.472 e. The van der Waals surface area contributed by atoms with Crippen molar-refractivity contribution < 1.29 is 80.2 Å². The summed E-state index contributed by atoms with van der Waals surface area (Å²) in [4.78, 5) is 72.7. The number of carbonyl (C=O) groups is 4. The van der Waals surface area contributed by atoms with Gasteiger partial charge >= 0.3 is 39.5 Å². The number of rotatable bonds is 69. The third-order valence-corrected chi connectivity index (χ3v) is 17.1. The van der Waals surface area contributed by atoms with E-state index in [0.29, 0.717) is 32.1 Å². The summed E-state index contributed by atoms with van der Waals surface area (Å²) in [5.41, 5.74) is 0. The van der Waals surface area contributed by atoms with Gasteiger partial charge in [0, 0.05) is 25.7 Å². The highest BCUT2D eigenvalue weighted by Crippen LogP contribution is 2.45. The molecule has 552 valence electrons. The first kappa shape index (κ1) is 91.7. The van der Waals surface area contributed by atoms with Gasteiger partial charge in [0.25, 0.3) is 0 Å². The van der Waals surface area contributed by atoms with E-state index in [4.69, 9.17) is 37.0 Å². The molecule has 0 heterocycles. The number of aliphatic hydroxyl groups excluding tert-OH is 1. The zero-order valence-corrected chi connectivity index (χ0v) is 61.8. The minimum absolute atomic E-state index is 0.0705. The molecule has 0 aromatic carbocycles. The molecule has 0 saturated carbocycles. The van der Waals surface area contributed by atoms with E-state index in [1.165, 1.54) is 57.8 Å². The second-order valence-corrected chi connectivity index (χ2v) is 27.4. The van der Waals surface area contributed by atoms with Gasteiger partial charge in [-0.15, -0.1) is 0 Å². The zero-order valence-electron chi connectivity index (χ0n) is 60.0. The molecule has 0 aromatic heterocycles. The lowest BCUT2D eigenvalue weighted by molar-refractivity contribution is -0.161. The zero-order chi connectivity index (χ0) is 70.4. The van der Waals surface area contributed by atoms with Crippen LogP contribution in [0.1, 0.15) is 297 Å². The highest BCUT2D eigenvalue weighted by molar-refractivity contribution is 7.47. The molecule has 3 N–H and O–H groups in total. The van der Waals surface area contributed by atoms with Crippen LogP contribution in [-0.4, -0.2) is 96.7 Å². The number of carbonyl (C=O) groups excluding carboxylic acids is 4. The lowest BCUT2D eigenvalue weighted by Gasteiger charge is -2.21. The molecule has 0 saturated heterocycles. The van der Waals surface area contributed by atoms with Crippen LogP contribution in [0, 0.1) is 0 Å². The van der Waals surface area contributed by atoms with Crippen LogP contribution in [0.3, 0.4) is 0 Å². The fourth-order valence-electron chi connectivity index (χ4n) is 9.50. The Morgan fingerprint density at radius 2 is 0.562 bits per heavy atom. The number of hydrogen-bond donors (Lipinski definition) is 3. The molecule has 0 amide bonds. The van der Waals surface area contributed by atoms with Crippen molar-refractivity contribution >= 4 is 39.5 Å². The van der Waals surface area contributed by atoms with Crippen molar-refractivity contribution in [2.45, 2.75) is 316 Å². The summed E-state index contributed by atoms with van der Waals surface area (Å²) in [5, 5.41) is 10.6. The van der Waals surface area contributed by atoms with Crippen LogP contribution in [0.25, 0.3) is 0 Å². The SMILES string of the molecule is CC/C=C\C/C=C\C/C=C\C/C=C\C/C=C\CCCC(=O)OCC(COP(=O)(O)OCC(O)COP(=O)(O)OCC(COC(=O)CCCCCCC/C=C\C/C=C\CCCCC)OC(=O)CCCCCCC/C=C\CCCCCC)OC(=O)CCCCCCC/C=C\CCCC. The second kappa shape index (κ2) is 69.2. The number of hydrogen-bond acceptors (Lipinski definition) is 15. The van der Waals surface area contributed by atoms with Gasteiger partial charge in [-0.1, -0.05) is 240 Å². The smallest absolute Gasteiger partial charge is 0.462 e. The lowest BCUT2D eigenvalue weighted by atomic mass is 10.1. The predicted molar refractivity (Wildman–Crippen MR) is 390 cm³/mol. The molecule has 0 bridgehead atoms. The van der Waals surface area contributed by atoms with Crippen LogP contribution in [0.5, 0.6) is 0 Å². The molecule has 19 heteroatoms. The Bertz CT molecular complexity index is 2250. The summed E-state index contributed by atoms with van der Waals surface area (Å²) in [6.45, 7) is 4.57. The molecule has 0 aliphatic heterocycles. The highest BCUT2D eigenvalue weighted by Gasteiger charge is 2.30. The molecular weight excluding hydrogens is 1260 g/mol. The van der Waals surface area contributed by atoms with Gasteiger partial charge in [-0.25, -0.2) is 9.13 Å². The van der Waals surface area contributed by atoms with E-state index < -0.39 is 97.5 Å². The van der Waals surface area contributed by atoms with Gasteiger partial charge < -0.3 is 33.8 Å². The van der Waals surface area contributed by atoms with Crippen LogP contribution in [0.2, 0.25) is 0 Å². The summed E-state index contributed by atoms with van der Waals surface area (Å²) < 4.78 is 68.3. The molecule has 17 nitrogen and oxygen atoms in total. The molecule has 0 fully saturated rings. The molecule has 0 spiro atoms. The van der Waals surface area contributed by atoms with Crippen LogP contribution in [0.15, 0.2) is 109 Å². The fraction of sp³-hybridized carbons (Fsp3) is 0.714. The molecule has 5 unspecified atom stereocenters. The Morgan fingerprint density at radius 1 is 0.302 bits per heavy atom. The molecule has 0 aliphatic rings. The second-order valence-electron chi connectivity index (χ2n) is 24.5. The number of aliphatic hydroxyl groups is 1. The van der Waals surface area contributed by atoms with Crippen LogP contribution in [0.4, 0.5) is 0 Å². The maximum Gasteiger partial charge on any atom is 0.472 e. The number of phosphoric acid groups is 2. The van der Waals surface area contributed by atoms with Gasteiger partial charge in [-0.2, -0.15) is 0 Å². The molecule has 0 aliphatic carbocycles. The fourth-order valence-corrected chi connectivity index (χ4v) is 11.1. The third-order valence-electron chi connectivity index (χ3n) is 15.2. The summed E-state index contributed by atoms with van der Waals surface area (Å²) in [6, 6.07) is 0. The number of unbranched alkanes of at least 4 members (excludes halogenated alkanes) is 25. The van der Waals surface area contributed by atoms with Gasteiger partial charge in [-0.3, -0.25) is 37.3 Å². The molecule has 0 radical (unpaired) electrons. The standard InChI is InChI=1S/C77H132O17P2/c1-5-9-13-17-21-25-29-32-34-35-37-40-43-46-50-54-58-62-75(80)87-67-72(93-76(81)63-59-55-51-47-41-28-24-20-16-12-8-4)69-91-95(83,84)89-65-71(78)66-90-96(85,86)92-70-73(94-77(82)64-60-56-52-48-44-38-31-27-23-19-15-11-7-3)68-88-74(79)61-57-53-49-45-42-39-36-33-30-26-22-18-14-10-6-2/h9,13,20-22,24-27,31-34,36-37,40,46,50,71-73,78H,5-8,10-12,14-19,23,28-30,35,38-39,41-45,47-49,51-70H2,1-4H3,(H,83,84)(H,85,86)/b13-9-,24-20-,25-21-,26-22-,31-27-,34-32-,36-33-,40-37-,50-46-. The van der Waals surface area contributed by atoms with E-state index in [0.717, 1.165) is 154 Å². The van der Waals surface area contributed by atoms with Crippen LogP contribution >= 0.6 is 15.6 Å². The van der Waals surface area contributed by atoms with Crippen molar-refractivity contribution in [2.24, 2.45) is 0 Å². The monoisotopic (exact) mass is 1390 g/mol. The summed E-state index contributed by atoms with van der Waals surface area (Å²) >= 11 is 0. The van der Waals surface area contributed by atoms with Gasteiger partial charge in [0.05, 0.1) is 26.4 Å². The van der Waals surface area contributed by atoms with Crippen molar-refractivity contribution in [3.05, 3.63) is 109 Å². The Labute approximate surface area is 581 Å². The van der Waals surface area contributed by atoms with Crippen molar-refractivity contribution in [3.63, 3.8) is 0 Å². The Balaban J connectivity index is 5.38. The number of allylic oxidation sites excluding steroid dienone is 18. The first-order valence-corrected chi connectivity index (χ1v) is 40.1. The quantitative estimate of drug-likeness (QED) is 0.0169. The van der Waals surface area contributed by atoms with Crippen LogP contribution < -0.4 is 0 Å². The summed E-state index contributed by atoms with van der Waals surface area (Å²) in [6.07, 6.45) is 72.4. The molecule has 0 aromatic rings. The van der Waals surface area contributed by atoms with Gasteiger partial charge in [0.15, 0.2) is 12.2 Å². The van der Waals surface area contributed by atoms with Crippen molar-refractivity contribution in [3.8, 4) is 0 Å². The Kier molecular flexibility index (Phi) is 66.1. The Hall–Kier alpha value is -4.28. The van der Waals surface area contributed by atoms with E-state index in [-0.39, 0.29) is 25.7 Å². The predicted octanol–water partition coefficient (Wildman–Crippen LogP) is 21.0. The van der Waals surface area contributed by atoms with Crippen LogP contribution in [-0.2, 0) is 65.4 Å². The van der Waals surface area contributed by atoms with Gasteiger partial charge in [0.2, 0.25) is 0 Å². The average Bonchev–Trinajstić information content (AvgIpc) is 1.13. The van der Waals surface area contributed by atoms with E-state index in [1.54, 1.807) is 0 Å². The summed E-state index contributed by atoms with van der Waals surface area (Å²) in [5.74, 6) is -2.27. The van der Waals surface area contributed by atoms with Crippen molar-refractivity contribution in [2.75, 3.05) is 39.6 Å². The highest BCUT2D eigenvalue weighted by atomic mass is 31.2. The lowest BCUT2D eigenvalue weighted by Crippen LogP contribution is -2.30. The topological polar surface area (TPSA) is 237 Å². The number of ether oxygens (including phenoxy) is 4. The summed E-state index contributed by atoms with van der Waals surface area (Å²) in [7, 11) is -9.96. The molecule has 96 heavy (non-hydrogen) atoms. The maximum atomic E-state index is 13.0. The maximum absolute atomic E-state index is 13.0. The molecule has 5 atom stereocenters.